The third kappa shape index (κ3) is 7.07. The van der Waals surface area contributed by atoms with Gasteiger partial charge in [-0.2, -0.15) is 0 Å². The maximum Gasteiger partial charge on any atom is 0.313 e. The fourth-order valence-electron chi connectivity index (χ4n) is 1.58. The number of nitrogens with zero attached hydrogens (tertiary/aromatic N) is 1. The molecular formula is C12H23NO4. The molecule has 0 aromatic rings. The largest absolute Gasteiger partial charge is 0.466 e. The molecular weight excluding hydrogens is 222 g/mol. The van der Waals surface area contributed by atoms with Crippen LogP contribution in [0.15, 0.2) is 0 Å². The second-order valence-electron chi connectivity index (χ2n) is 3.89. The van der Waals surface area contributed by atoms with E-state index >= 15 is 0 Å². The van der Waals surface area contributed by atoms with E-state index in [1.54, 1.807) is 14.0 Å². The van der Waals surface area contributed by atoms with Crippen LogP contribution in [0.2, 0.25) is 0 Å². The van der Waals surface area contributed by atoms with Crippen LogP contribution >= 0.6 is 0 Å². The van der Waals surface area contributed by atoms with Gasteiger partial charge >= 0.3 is 5.97 Å². The van der Waals surface area contributed by atoms with Gasteiger partial charge in [0.2, 0.25) is 0 Å². The molecule has 0 aliphatic rings. The highest BCUT2D eigenvalue weighted by Crippen LogP contribution is 2.01. The topological polar surface area (TPSA) is 55.8 Å². The number of ether oxygens (including phenoxy) is 2. The van der Waals surface area contributed by atoms with Crippen LogP contribution in [0.3, 0.4) is 0 Å². The lowest BCUT2D eigenvalue weighted by Crippen LogP contribution is -2.40. The predicted octanol–water partition coefficient (Wildman–Crippen LogP) is 0.866. The highest BCUT2D eigenvalue weighted by Gasteiger charge is 2.17. The van der Waals surface area contributed by atoms with Gasteiger partial charge in [-0.1, -0.05) is 6.92 Å². The fourth-order valence-corrected chi connectivity index (χ4v) is 1.58. The minimum absolute atomic E-state index is 0.117. The van der Waals surface area contributed by atoms with Crippen LogP contribution < -0.4 is 0 Å². The summed E-state index contributed by atoms with van der Waals surface area (Å²) in [5.41, 5.74) is 0. The maximum absolute atomic E-state index is 11.6. The van der Waals surface area contributed by atoms with E-state index in [9.17, 15) is 9.59 Å². The van der Waals surface area contributed by atoms with E-state index in [4.69, 9.17) is 9.47 Å². The average molecular weight is 245 g/mol. The van der Waals surface area contributed by atoms with Crippen molar-refractivity contribution in [2.45, 2.75) is 33.2 Å². The van der Waals surface area contributed by atoms with Gasteiger partial charge in [0.1, 0.15) is 6.42 Å². The predicted molar refractivity (Wildman–Crippen MR) is 64.8 cm³/mol. The maximum atomic E-state index is 11.6. The Morgan fingerprint density at radius 1 is 1.29 bits per heavy atom. The molecule has 0 aromatic carbocycles. The molecule has 0 aromatic heterocycles. The van der Waals surface area contributed by atoms with Gasteiger partial charge in [0, 0.05) is 13.2 Å². The minimum Gasteiger partial charge on any atom is -0.466 e. The van der Waals surface area contributed by atoms with Crippen molar-refractivity contribution in [3.05, 3.63) is 0 Å². The Morgan fingerprint density at radius 3 is 2.41 bits per heavy atom. The van der Waals surface area contributed by atoms with Crippen LogP contribution in [0.25, 0.3) is 0 Å². The summed E-state index contributed by atoms with van der Waals surface area (Å²) in [7, 11) is 1.63. The molecule has 0 aliphatic carbocycles. The molecule has 1 atom stereocenters. The molecule has 0 N–H and O–H groups in total. The van der Waals surface area contributed by atoms with Crippen molar-refractivity contribution in [3.63, 3.8) is 0 Å². The van der Waals surface area contributed by atoms with E-state index in [0.29, 0.717) is 13.2 Å². The Kier molecular flexibility index (Phi) is 8.62. The Labute approximate surface area is 103 Å². The van der Waals surface area contributed by atoms with E-state index in [0.717, 1.165) is 6.54 Å². The normalized spacial score (nSPS) is 12.5. The molecule has 0 fully saturated rings. The first-order valence-corrected chi connectivity index (χ1v) is 5.95. The van der Waals surface area contributed by atoms with Gasteiger partial charge in [-0.05, 0) is 20.4 Å². The quantitative estimate of drug-likeness (QED) is 0.445. The summed E-state index contributed by atoms with van der Waals surface area (Å²) >= 11 is 0. The lowest BCUT2D eigenvalue weighted by Gasteiger charge is -2.26. The van der Waals surface area contributed by atoms with Crippen LogP contribution in [-0.2, 0) is 19.1 Å². The zero-order valence-electron chi connectivity index (χ0n) is 11.2. The Hall–Kier alpha value is -0.940. The molecule has 0 radical (unpaired) electrons. The van der Waals surface area contributed by atoms with E-state index < -0.39 is 5.97 Å². The number of carbonyl (C=O) groups is 2. The third-order valence-corrected chi connectivity index (χ3v) is 2.46. The van der Waals surface area contributed by atoms with Crippen molar-refractivity contribution in [3.8, 4) is 0 Å². The summed E-state index contributed by atoms with van der Waals surface area (Å²) in [6.45, 7) is 7.58. The van der Waals surface area contributed by atoms with Crippen LogP contribution in [0, 0.1) is 0 Å². The number of esters is 1. The number of Topliss-reactive ketones (excluding diaryl/α,β-unsaturated/α-hetero) is 1. The number of likely N-dealkylation sites (N-methyl/N-ethyl adjacent to an activating group) is 1. The second kappa shape index (κ2) is 9.13. The standard InChI is InChI=1S/C12H23NO4/c1-5-13(10(3)9-16-4)8-11(14)7-12(15)17-6-2/h10H,5-9H2,1-4H3. The Morgan fingerprint density at radius 2 is 1.94 bits per heavy atom. The summed E-state index contributed by atoms with van der Waals surface area (Å²) < 4.78 is 9.78. The number of hydrogen-bond donors (Lipinski definition) is 0. The molecule has 1 unspecified atom stereocenters. The number of rotatable bonds is 9. The van der Waals surface area contributed by atoms with Gasteiger partial charge in [-0.3, -0.25) is 14.5 Å². The van der Waals surface area contributed by atoms with E-state index in [-0.39, 0.29) is 24.8 Å². The van der Waals surface area contributed by atoms with Crippen molar-refractivity contribution >= 4 is 11.8 Å². The number of methoxy groups -OCH3 is 1. The van der Waals surface area contributed by atoms with Gasteiger partial charge in [-0.25, -0.2) is 0 Å². The van der Waals surface area contributed by atoms with Gasteiger partial charge in [-0.15, -0.1) is 0 Å². The van der Waals surface area contributed by atoms with Crippen molar-refractivity contribution in [2.75, 3.05) is 33.4 Å². The monoisotopic (exact) mass is 245 g/mol. The van der Waals surface area contributed by atoms with Gasteiger partial charge in [0.05, 0.1) is 19.8 Å². The van der Waals surface area contributed by atoms with Crippen LogP contribution in [0.5, 0.6) is 0 Å². The van der Waals surface area contributed by atoms with Gasteiger partial charge < -0.3 is 9.47 Å². The lowest BCUT2D eigenvalue weighted by molar-refractivity contribution is -0.145. The van der Waals surface area contributed by atoms with Gasteiger partial charge in [0.15, 0.2) is 5.78 Å². The number of carbonyl (C=O) groups excluding carboxylic acids is 2. The Bertz CT molecular complexity index is 243. The average Bonchev–Trinajstić information content (AvgIpc) is 2.26. The van der Waals surface area contributed by atoms with Crippen molar-refractivity contribution in [2.24, 2.45) is 0 Å². The summed E-state index contributed by atoms with van der Waals surface area (Å²) in [5, 5.41) is 0. The highest BCUT2D eigenvalue weighted by molar-refractivity contribution is 5.96. The minimum atomic E-state index is -0.451. The molecule has 17 heavy (non-hydrogen) atoms. The summed E-state index contributed by atoms with van der Waals surface area (Å²) in [5.74, 6) is -0.568. The Balaban J connectivity index is 4.10. The lowest BCUT2D eigenvalue weighted by atomic mass is 10.2. The second-order valence-corrected chi connectivity index (χ2v) is 3.89. The molecule has 100 valence electrons. The van der Waals surface area contributed by atoms with Crippen molar-refractivity contribution in [1.82, 2.24) is 4.90 Å². The molecule has 0 heterocycles. The summed E-state index contributed by atoms with van der Waals surface area (Å²) in [6, 6.07) is 0.163. The summed E-state index contributed by atoms with van der Waals surface area (Å²) in [6.07, 6.45) is -0.149. The van der Waals surface area contributed by atoms with E-state index in [1.165, 1.54) is 0 Å². The molecule has 0 bridgehead atoms. The molecule has 0 saturated carbocycles. The SMILES string of the molecule is CCOC(=O)CC(=O)CN(CC)C(C)COC. The molecule has 0 spiro atoms. The number of hydrogen-bond acceptors (Lipinski definition) is 5. The molecule has 0 saturated heterocycles. The molecule has 0 rings (SSSR count). The first kappa shape index (κ1) is 16.1. The molecule has 0 aliphatic heterocycles. The smallest absolute Gasteiger partial charge is 0.313 e. The van der Waals surface area contributed by atoms with Gasteiger partial charge in [0.25, 0.3) is 0 Å². The third-order valence-electron chi connectivity index (χ3n) is 2.46. The highest BCUT2D eigenvalue weighted by atomic mass is 16.5. The van der Waals surface area contributed by atoms with Crippen molar-refractivity contribution < 1.29 is 19.1 Å². The van der Waals surface area contributed by atoms with Crippen LogP contribution in [-0.4, -0.2) is 56.1 Å². The first-order valence-electron chi connectivity index (χ1n) is 5.95. The van der Waals surface area contributed by atoms with Crippen molar-refractivity contribution in [1.29, 1.82) is 0 Å². The van der Waals surface area contributed by atoms with Crippen LogP contribution in [0.1, 0.15) is 27.2 Å². The fraction of sp³-hybridized carbons (Fsp3) is 0.833. The van der Waals surface area contributed by atoms with Crippen LogP contribution in [0.4, 0.5) is 0 Å². The first-order chi connectivity index (χ1) is 8.04. The molecule has 5 nitrogen and oxygen atoms in total. The molecule has 0 amide bonds. The molecule has 5 heteroatoms. The van der Waals surface area contributed by atoms with E-state index in [1.807, 2.05) is 18.7 Å². The number of ketones is 1. The summed E-state index contributed by atoms with van der Waals surface area (Å²) in [4.78, 5) is 24.7. The van der Waals surface area contributed by atoms with E-state index in [2.05, 4.69) is 0 Å². The zero-order valence-corrected chi connectivity index (χ0v) is 11.2. The zero-order chi connectivity index (χ0) is 13.3.